The molecule has 3 rings (SSSR count). The second-order valence-corrected chi connectivity index (χ2v) is 5.33. The van der Waals surface area contributed by atoms with E-state index in [0.29, 0.717) is 6.04 Å². The third-order valence-electron chi connectivity index (χ3n) is 3.88. The Bertz CT molecular complexity index is 754. The van der Waals surface area contributed by atoms with Gasteiger partial charge in [-0.25, -0.2) is 4.98 Å². The van der Waals surface area contributed by atoms with Crippen molar-refractivity contribution >= 4 is 23.2 Å². The zero-order chi connectivity index (χ0) is 14.7. The Kier molecular flexibility index (Phi) is 3.87. The second kappa shape index (κ2) is 5.96. The number of benzene rings is 2. The third kappa shape index (κ3) is 2.75. The summed E-state index contributed by atoms with van der Waals surface area (Å²) in [5, 5.41) is 0. The Hall–Kier alpha value is -2.35. The summed E-state index contributed by atoms with van der Waals surface area (Å²) in [6.07, 6.45) is 5.33. The molecule has 1 heterocycles. The quantitative estimate of drug-likeness (QED) is 0.642. The van der Waals surface area contributed by atoms with Gasteiger partial charge in [0.15, 0.2) is 0 Å². The molecule has 1 aromatic heterocycles. The van der Waals surface area contributed by atoms with Crippen molar-refractivity contribution in [2.75, 3.05) is 0 Å². The van der Waals surface area contributed by atoms with E-state index < -0.39 is 0 Å². The first kappa shape index (κ1) is 13.6. The standard InChI is InChI=1S/C19H20N2/c1-3-15(2)21-18-12-8-7-11-17(18)20-19(21)14-13-16-9-5-4-6-10-16/h4-15H,3H2,1-2H3/b14-13+/t15-/m1/s1. The lowest BCUT2D eigenvalue weighted by atomic mass is 10.2. The molecule has 0 saturated heterocycles. The highest BCUT2D eigenvalue weighted by Gasteiger charge is 2.12. The van der Waals surface area contributed by atoms with Crippen LogP contribution >= 0.6 is 0 Å². The summed E-state index contributed by atoms with van der Waals surface area (Å²) < 4.78 is 2.33. The number of imidazole rings is 1. The number of hydrogen-bond donors (Lipinski definition) is 0. The minimum atomic E-state index is 0.438. The topological polar surface area (TPSA) is 17.8 Å². The zero-order valence-electron chi connectivity index (χ0n) is 12.5. The number of nitrogens with zero attached hydrogens (tertiary/aromatic N) is 2. The van der Waals surface area contributed by atoms with E-state index in [1.165, 1.54) is 11.1 Å². The summed E-state index contributed by atoms with van der Waals surface area (Å²) in [7, 11) is 0. The summed E-state index contributed by atoms with van der Waals surface area (Å²) >= 11 is 0. The summed E-state index contributed by atoms with van der Waals surface area (Å²) in [5.41, 5.74) is 3.46. The summed E-state index contributed by atoms with van der Waals surface area (Å²) in [4.78, 5) is 4.77. The monoisotopic (exact) mass is 276 g/mol. The molecule has 2 aromatic carbocycles. The fraction of sp³-hybridized carbons (Fsp3) is 0.211. The van der Waals surface area contributed by atoms with E-state index in [-0.39, 0.29) is 0 Å². The number of para-hydroxylation sites is 2. The zero-order valence-corrected chi connectivity index (χ0v) is 12.5. The summed E-state index contributed by atoms with van der Waals surface area (Å²) in [6.45, 7) is 4.46. The lowest BCUT2D eigenvalue weighted by Crippen LogP contribution is -2.05. The lowest BCUT2D eigenvalue weighted by molar-refractivity contribution is 0.541. The molecule has 0 saturated carbocycles. The number of hydrogen-bond acceptors (Lipinski definition) is 1. The molecule has 0 fully saturated rings. The Labute approximate surface area is 125 Å². The van der Waals surface area contributed by atoms with Crippen molar-refractivity contribution in [3.05, 3.63) is 66.0 Å². The minimum absolute atomic E-state index is 0.438. The van der Waals surface area contributed by atoms with Crippen molar-refractivity contribution in [3.63, 3.8) is 0 Å². The molecule has 0 amide bonds. The molecule has 21 heavy (non-hydrogen) atoms. The van der Waals surface area contributed by atoms with Gasteiger partial charge in [-0.15, -0.1) is 0 Å². The van der Waals surface area contributed by atoms with Gasteiger partial charge >= 0.3 is 0 Å². The van der Waals surface area contributed by atoms with Gasteiger partial charge in [-0.05, 0) is 37.1 Å². The molecule has 0 bridgehead atoms. The van der Waals surface area contributed by atoms with Crippen LogP contribution in [0, 0.1) is 0 Å². The van der Waals surface area contributed by atoms with Crippen molar-refractivity contribution < 1.29 is 0 Å². The first-order valence-corrected chi connectivity index (χ1v) is 7.49. The van der Waals surface area contributed by atoms with Crippen molar-refractivity contribution in [1.82, 2.24) is 9.55 Å². The van der Waals surface area contributed by atoms with Crippen molar-refractivity contribution in [3.8, 4) is 0 Å². The highest BCUT2D eigenvalue weighted by atomic mass is 15.1. The maximum atomic E-state index is 4.77. The molecule has 0 radical (unpaired) electrons. The van der Waals surface area contributed by atoms with Gasteiger partial charge in [0, 0.05) is 6.04 Å². The predicted molar refractivity (Wildman–Crippen MR) is 90.1 cm³/mol. The van der Waals surface area contributed by atoms with Gasteiger partial charge in [-0.3, -0.25) is 0 Å². The van der Waals surface area contributed by atoms with Gasteiger partial charge in [0.2, 0.25) is 0 Å². The molecule has 3 aromatic rings. The van der Waals surface area contributed by atoms with Gasteiger partial charge in [-0.2, -0.15) is 0 Å². The molecule has 2 heteroatoms. The molecule has 0 aliphatic heterocycles. The SMILES string of the molecule is CC[C@@H](C)n1c(/C=C/c2ccccc2)nc2ccccc21. The van der Waals surface area contributed by atoms with Crippen LogP contribution in [0.25, 0.3) is 23.2 Å². The molecule has 2 nitrogen and oxygen atoms in total. The van der Waals surface area contributed by atoms with E-state index in [1.807, 2.05) is 12.1 Å². The average molecular weight is 276 g/mol. The fourth-order valence-electron chi connectivity index (χ4n) is 2.56. The van der Waals surface area contributed by atoms with Gasteiger partial charge in [0.1, 0.15) is 5.82 Å². The largest absolute Gasteiger partial charge is 0.322 e. The summed E-state index contributed by atoms with van der Waals surface area (Å²) in [5.74, 6) is 1.02. The minimum Gasteiger partial charge on any atom is -0.322 e. The number of aromatic nitrogens is 2. The number of fused-ring (bicyclic) bond motifs is 1. The molecule has 0 aliphatic rings. The molecular weight excluding hydrogens is 256 g/mol. The van der Waals surface area contributed by atoms with Crippen LogP contribution in [0.15, 0.2) is 54.6 Å². The van der Waals surface area contributed by atoms with Crippen LogP contribution in [0.2, 0.25) is 0 Å². The fourth-order valence-corrected chi connectivity index (χ4v) is 2.56. The van der Waals surface area contributed by atoms with Gasteiger partial charge in [-0.1, -0.05) is 55.5 Å². The van der Waals surface area contributed by atoms with Crippen LogP contribution in [0.1, 0.15) is 37.7 Å². The van der Waals surface area contributed by atoms with Crippen LogP contribution in [-0.4, -0.2) is 9.55 Å². The summed E-state index contributed by atoms with van der Waals surface area (Å²) in [6, 6.07) is 19.1. The van der Waals surface area contributed by atoms with Gasteiger partial charge in [0.25, 0.3) is 0 Å². The van der Waals surface area contributed by atoms with Crippen LogP contribution in [-0.2, 0) is 0 Å². The maximum absolute atomic E-state index is 4.77. The second-order valence-electron chi connectivity index (χ2n) is 5.33. The Morgan fingerprint density at radius 3 is 2.48 bits per heavy atom. The molecular formula is C19H20N2. The van der Waals surface area contributed by atoms with Crippen LogP contribution in [0.5, 0.6) is 0 Å². The maximum Gasteiger partial charge on any atom is 0.134 e. The van der Waals surface area contributed by atoms with Crippen molar-refractivity contribution in [1.29, 1.82) is 0 Å². The predicted octanol–water partition coefficient (Wildman–Crippen LogP) is 5.18. The number of rotatable bonds is 4. The van der Waals surface area contributed by atoms with E-state index in [2.05, 4.69) is 73.0 Å². The van der Waals surface area contributed by atoms with Gasteiger partial charge < -0.3 is 4.57 Å². The third-order valence-corrected chi connectivity index (χ3v) is 3.88. The van der Waals surface area contributed by atoms with Crippen LogP contribution in [0.4, 0.5) is 0 Å². The average Bonchev–Trinajstić information content (AvgIpc) is 2.91. The van der Waals surface area contributed by atoms with E-state index in [0.717, 1.165) is 17.8 Å². The first-order chi connectivity index (χ1) is 10.3. The first-order valence-electron chi connectivity index (χ1n) is 7.49. The molecule has 0 N–H and O–H groups in total. The normalized spacial score (nSPS) is 13.0. The molecule has 106 valence electrons. The van der Waals surface area contributed by atoms with E-state index in [9.17, 15) is 0 Å². The van der Waals surface area contributed by atoms with E-state index >= 15 is 0 Å². The highest BCUT2D eigenvalue weighted by Crippen LogP contribution is 2.24. The Morgan fingerprint density at radius 2 is 1.71 bits per heavy atom. The van der Waals surface area contributed by atoms with E-state index in [1.54, 1.807) is 0 Å². The Morgan fingerprint density at radius 1 is 1.00 bits per heavy atom. The Balaban J connectivity index is 2.07. The van der Waals surface area contributed by atoms with Crippen LogP contribution in [0.3, 0.4) is 0 Å². The highest BCUT2D eigenvalue weighted by molar-refractivity contribution is 5.80. The van der Waals surface area contributed by atoms with Crippen molar-refractivity contribution in [2.24, 2.45) is 0 Å². The molecule has 0 aliphatic carbocycles. The molecule has 0 unspecified atom stereocenters. The van der Waals surface area contributed by atoms with Gasteiger partial charge in [0.05, 0.1) is 11.0 Å². The van der Waals surface area contributed by atoms with Crippen LogP contribution < -0.4 is 0 Å². The molecule has 1 atom stereocenters. The molecule has 0 spiro atoms. The van der Waals surface area contributed by atoms with Crippen molar-refractivity contribution in [2.45, 2.75) is 26.3 Å². The van der Waals surface area contributed by atoms with E-state index in [4.69, 9.17) is 4.98 Å². The smallest absolute Gasteiger partial charge is 0.134 e. The lowest BCUT2D eigenvalue weighted by Gasteiger charge is -2.14.